The summed E-state index contributed by atoms with van der Waals surface area (Å²) < 4.78 is 1.82. The Morgan fingerprint density at radius 3 is 2.57 bits per heavy atom. The van der Waals surface area contributed by atoms with Crippen molar-refractivity contribution in [2.24, 2.45) is 12.1 Å². The average molecular weight is 407 g/mol. The van der Waals surface area contributed by atoms with Gasteiger partial charge in [-0.3, -0.25) is 25.7 Å². The second-order valence-electron chi connectivity index (χ2n) is 7.47. The van der Waals surface area contributed by atoms with Gasteiger partial charge in [0, 0.05) is 35.8 Å². The number of fused-ring (bicyclic) bond motifs is 3. The summed E-state index contributed by atoms with van der Waals surface area (Å²) in [7, 11) is 1.79. The van der Waals surface area contributed by atoms with Gasteiger partial charge in [-0.25, -0.2) is 0 Å². The van der Waals surface area contributed by atoms with E-state index in [9.17, 15) is 20.2 Å². The van der Waals surface area contributed by atoms with Crippen molar-refractivity contribution in [2.45, 2.75) is 32.1 Å². The number of para-hydroxylation sites is 1. The molecule has 0 saturated carbocycles. The predicted octanol–water partition coefficient (Wildman–Crippen LogP) is 4.90. The first kappa shape index (κ1) is 19.6. The van der Waals surface area contributed by atoms with Crippen molar-refractivity contribution in [3.05, 3.63) is 74.0 Å². The van der Waals surface area contributed by atoms with Crippen molar-refractivity contribution in [2.75, 3.05) is 5.43 Å². The molecule has 0 radical (unpaired) electrons. The van der Waals surface area contributed by atoms with Gasteiger partial charge >= 0.3 is 0 Å². The molecule has 0 saturated heterocycles. The minimum absolute atomic E-state index is 0.0268. The molecule has 0 spiro atoms. The average Bonchev–Trinajstić information content (AvgIpc) is 3.04. The summed E-state index contributed by atoms with van der Waals surface area (Å²) >= 11 is 0. The van der Waals surface area contributed by atoms with Gasteiger partial charge in [0.05, 0.1) is 21.6 Å². The molecule has 0 amide bonds. The molecule has 0 aliphatic heterocycles. The van der Waals surface area contributed by atoms with E-state index in [4.69, 9.17) is 0 Å². The maximum absolute atomic E-state index is 11.7. The Bertz CT molecular complexity index is 1180. The third kappa shape index (κ3) is 3.28. The molecule has 9 heteroatoms. The lowest BCUT2D eigenvalue weighted by atomic mass is 9.84. The summed E-state index contributed by atoms with van der Waals surface area (Å²) in [4.78, 5) is 21.9. The van der Waals surface area contributed by atoms with E-state index < -0.39 is 9.85 Å². The third-order valence-corrected chi connectivity index (χ3v) is 5.70. The molecule has 4 rings (SSSR count). The number of aryl methyl sites for hydroxylation is 2. The number of non-ortho nitro benzene ring substituents is 2. The highest BCUT2D eigenvalue weighted by atomic mass is 16.6. The number of nitrogens with one attached hydrogen (secondary N) is 1. The number of nitrogens with zero attached hydrogens (tertiary/aromatic N) is 4. The molecule has 1 N–H and O–H groups in total. The summed E-state index contributed by atoms with van der Waals surface area (Å²) in [5.41, 5.74) is 6.59. The molecular weight excluding hydrogens is 386 g/mol. The van der Waals surface area contributed by atoms with Crippen LogP contribution in [-0.4, -0.2) is 20.1 Å². The topological polar surface area (TPSA) is 116 Å². The molecule has 1 unspecified atom stereocenters. The van der Waals surface area contributed by atoms with Gasteiger partial charge < -0.3 is 4.57 Å². The van der Waals surface area contributed by atoms with E-state index in [-0.39, 0.29) is 17.3 Å². The number of benzene rings is 2. The number of rotatable bonds is 5. The van der Waals surface area contributed by atoms with Gasteiger partial charge in [-0.15, -0.1) is 0 Å². The van der Waals surface area contributed by atoms with E-state index in [0.29, 0.717) is 10.9 Å². The smallest absolute Gasteiger partial charge is 0.300 e. The zero-order chi connectivity index (χ0) is 21.4. The van der Waals surface area contributed by atoms with Crippen LogP contribution < -0.4 is 5.43 Å². The van der Waals surface area contributed by atoms with Gasteiger partial charge in [0.1, 0.15) is 5.52 Å². The molecular formula is C21H21N5O4. The highest BCUT2D eigenvalue weighted by Crippen LogP contribution is 2.43. The predicted molar refractivity (Wildman–Crippen MR) is 115 cm³/mol. The van der Waals surface area contributed by atoms with Gasteiger partial charge in [0.2, 0.25) is 0 Å². The van der Waals surface area contributed by atoms with E-state index in [2.05, 4.69) is 10.5 Å². The van der Waals surface area contributed by atoms with Gasteiger partial charge in [-0.05, 0) is 43.9 Å². The molecule has 30 heavy (non-hydrogen) atoms. The second kappa shape index (κ2) is 7.58. The minimum atomic E-state index is -0.581. The molecule has 1 heterocycles. The molecule has 3 aromatic rings. The highest BCUT2D eigenvalue weighted by Gasteiger charge is 2.33. The normalized spacial score (nSPS) is 16.3. The summed E-state index contributed by atoms with van der Waals surface area (Å²) in [5, 5.41) is 28.1. The SMILES string of the molecule is C/C(=N/Nc1ccccc1)C1CCCc2c1n(C)c1c([N+](=O)[O-])cc([N+](=O)[O-])cc21. The molecule has 1 aromatic heterocycles. The Kier molecular flexibility index (Phi) is 4.94. The molecule has 154 valence electrons. The Balaban J connectivity index is 1.84. The van der Waals surface area contributed by atoms with Crippen LogP contribution in [0.1, 0.15) is 36.9 Å². The van der Waals surface area contributed by atoms with Crippen LogP contribution in [0, 0.1) is 20.2 Å². The Labute approximate surface area is 172 Å². The van der Waals surface area contributed by atoms with Gasteiger partial charge in [0.25, 0.3) is 11.4 Å². The van der Waals surface area contributed by atoms with Crippen LogP contribution in [0.25, 0.3) is 10.9 Å². The fourth-order valence-corrected chi connectivity index (χ4v) is 4.37. The molecule has 1 atom stereocenters. The number of nitro groups is 2. The largest absolute Gasteiger partial charge is 0.341 e. The van der Waals surface area contributed by atoms with Crippen LogP contribution in [-0.2, 0) is 13.5 Å². The fourth-order valence-electron chi connectivity index (χ4n) is 4.37. The highest BCUT2D eigenvalue weighted by molar-refractivity contribution is 5.98. The van der Waals surface area contributed by atoms with Crippen LogP contribution in [0.5, 0.6) is 0 Å². The van der Waals surface area contributed by atoms with Crippen LogP contribution in [0.2, 0.25) is 0 Å². The Morgan fingerprint density at radius 1 is 1.17 bits per heavy atom. The summed E-state index contributed by atoms with van der Waals surface area (Å²) in [6, 6.07) is 12.1. The number of hydrogen-bond donors (Lipinski definition) is 1. The number of hydrogen-bond acceptors (Lipinski definition) is 6. The van der Waals surface area contributed by atoms with E-state index in [1.807, 2.05) is 41.8 Å². The van der Waals surface area contributed by atoms with Crippen LogP contribution >= 0.6 is 0 Å². The summed E-state index contributed by atoms with van der Waals surface area (Å²) in [6.07, 6.45) is 2.46. The number of anilines is 1. The maximum atomic E-state index is 11.7. The first-order valence-corrected chi connectivity index (χ1v) is 9.67. The van der Waals surface area contributed by atoms with Crippen molar-refractivity contribution in [1.82, 2.24) is 4.57 Å². The van der Waals surface area contributed by atoms with Gasteiger partial charge in [-0.2, -0.15) is 5.10 Å². The van der Waals surface area contributed by atoms with Crippen molar-refractivity contribution < 1.29 is 9.85 Å². The Morgan fingerprint density at radius 2 is 1.90 bits per heavy atom. The van der Waals surface area contributed by atoms with Crippen LogP contribution in [0.3, 0.4) is 0 Å². The quantitative estimate of drug-likeness (QED) is 0.367. The lowest BCUT2D eigenvalue weighted by Crippen LogP contribution is -2.19. The van der Waals surface area contributed by atoms with E-state index >= 15 is 0 Å². The zero-order valence-electron chi connectivity index (χ0n) is 16.7. The molecule has 9 nitrogen and oxygen atoms in total. The van der Waals surface area contributed by atoms with Gasteiger partial charge in [0.15, 0.2) is 0 Å². The van der Waals surface area contributed by atoms with E-state index in [1.54, 1.807) is 7.05 Å². The van der Waals surface area contributed by atoms with Crippen LogP contribution in [0.15, 0.2) is 47.6 Å². The van der Waals surface area contributed by atoms with Crippen molar-refractivity contribution in [1.29, 1.82) is 0 Å². The van der Waals surface area contributed by atoms with E-state index in [1.165, 1.54) is 6.07 Å². The number of hydrazone groups is 1. The zero-order valence-corrected chi connectivity index (χ0v) is 16.7. The minimum Gasteiger partial charge on any atom is -0.341 e. The summed E-state index contributed by atoms with van der Waals surface area (Å²) in [6.45, 7) is 1.93. The van der Waals surface area contributed by atoms with Gasteiger partial charge in [-0.1, -0.05) is 18.2 Å². The molecule has 0 bridgehead atoms. The molecule has 2 aromatic carbocycles. The monoisotopic (exact) mass is 407 g/mol. The second-order valence-corrected chi connectivity index (χ2v) is 7.47. The third-order valence-electron chi connectivity index (χ3n) is 5.70. The fraction of sp³-hybridized carbons (Fsp3) is 0.286. The Hall–Kier alpha value is -3.75. The molecule has 0 fully saturated rings. The molecule has 1 aliphatic rings. The first-order valence-electron chi connectivity index (χ1n) is 9.67. The lowest BCUT2D eigenvalue weighted by molar-refractivity contribution is -0.393. The summed E-state index contributed by atoms with van der Waals surface area (Å²) in [5.74, 6) is -0.0268. The lowest BCUT2D eigenvalue weighted by Gasteiger charge is -2.24. The number of aromatic nitrogens is 1. The van der Waals surface area contributed by atoms with Crippen LogP contribution in [0.4, 0.5) is 17.1 Å². The van der Waals surface area contributed by atoms with Crippen molar-refractivity contribution in [3.8, 4) is 0 Å². The number of nitro benzene ring substituents is 2. The first-order chi connectivity index (χ1) is 14.4. The molecule has 1 aliphatic carbocycles. The van der Waals surface area contributed by atoms with Crippen molar-refractivity contribution in [3.63, 3.8) is 0 Å². The van der Waals surface area contributed by atoms with Crippen molar-refractivity contribution >= 4 is 33.7 Å². The maximum Gasteiger partial charge on any atom is 0.300 e. The standard InChI is InChI=1S/C21H21N5O4/c1-13(22-23-14-7-4-3-5-8-14)16-9-6-10-17-18-11-15(25(27)28)12-19(26(29)30)21(18)24(2)20(16)17/h3-5,7-8,11-12,16,23H,6,9-10H2,1-2H3/b22-13-. The van der Waals surface area contributed by atoms with E-state index in [0.717, 1.165) is 48.0 Å².